The molecule has 3 nitrogen and oxygen atoms in total. The van der Waals surface area contributed by atoms with E-state index in [0.717, 1.165) is 17.9 Å². The summed E-state index contributed by atoms with van der Waals surface area (Å²) >= 11 is 1.88. The van der Waals surface area contributed by atoms with E-state index < -0.39 is 0 Å². The number of hydrogen-bond acceptors (Lipinski definition) is 4. The lowest BCUT2D eigenvalue weighted by Gasteiger charge is -2.20. The summed E-state index contributed by atoms with van der Waals surface area (Å²) in [5.41, 5.74) is 0. The topological polar surface area (TPSA) is 30.5 Å². The van der Waals surface area contributed by atoms with Crippen molar-refractivity contribution >= 4 is 11.8 Å². The highest BCUT2D eigenvalue weighted by Gasteiger charge is 2.14. The molecular formula is C14H21NO2S. The lowest BCUT2D eigenvalue weighted by molar-refractivity contribution is 0.171. The van der Waals surface area contributed by atoms with Crippen LogP contribution in [0.1, 0.15) is 20.3 Å². The van der Waals surface area contributed by atoms with Crippen molar-refractivity contribution in [1.29, 1.82) is 0 Å². The third-order valence-corrected chi connectivity index (χ3v) is 4.15. The van der Waals surface area contributed by atoms with Crippen molar-refractivity contribution in [2.45, 2.75) is 36.5 Å². The average molecular weight is 267 g/mol. The minimum Gasteiger partial charge on any atom is -0.486 e. The first-order valence-corrected chi connectivity index (χ1v) is 7.30. The molecule has 1 aromatic rings. The van der Waals surface area contributed by atoms with Gasteiger partial charge in [-0.3, -0.25) is 0 Å². The van der Waals surface area contributed by atoms with Crippen molar-refractivity contribution in [3.63, 3.8) is 0 Å². The largest absolute Gasteiger partial charge is 0.486 e. The summed E-state index contributed by atoms with van der Waals surface area (Å²) in [5, 5.41) is 3.85. The van der Waals surface area contributed by atoms with E-state index in [1.54, 1.807) is 0 Å². The van der Waals surface area contributed by atoms with Crippen molar-refractivity contribution < 1.29 is 9.47 Å². The summed E-state index contributed by atoms with van der Waals surface area (Å²) in [4.78, 5) is 1.25. The van der Waals surface area contributed by atoms with Crippen molar-refractivity contribution in [3.05, 3.63) is 18.2 Å². The van der Waals surface area contributed by atoms with E-state index in [1.165, 1.54) is 4.90 Å². The van der Waals surface area contributed by atoms with E-state index in [9.17, 15) is 0 Å². The van der Waals surface area contributed by atoms with Crippen molar-refractivity contribution in [2.24, 2.45) is 0 Å². The molecule has 100 valence electrons. The van der Waals surface area contributed by atoms with Crippen molar-refractivity contribution in [2.75, 3.05) is 20.3 Å². The monoisotopic (exact) mass is 267 g/mol. The van der Waals surface area contributed by atoms with Gasteiger partial charge < -0.3 is 14.8 Å². The summed E-state index contributed by atoms with van der Waals surface area (Å²) in [5.74, 6) is 1.74. The standard InChI is InChI=1S/C14H21NO2S/c1-10(15-3)8-11(2)18-12-4-5-13-14(9-12)17-7-6-16-13/h4-5,9-11,15H,6-8H2,1-3H3. The van der Waals surface area contributed by atoms with Crippen LogP contribution in [-0.4, -0.2) is 31.6 Å². The zero-order valence-electron chi connectivity index (χ0n) is 11.2. The zero-order chi connectivity index (χ0) is 13.0. The van der Waals surface area contributed by atoms with Crippen molar-refractivity contribution in [1.82, 2.24) is 5.32 Å². The van der Waals surface area contributed by atoms with E-state index in [2.05, 4.69) is 31.3 Å². The molecule has 1 aliphatic heterocycles. The molecule has 0 bridgehead atoms. The van der Waals surface area contributed by atoms with Crippen LogP contribution in [0.25, 0.3) is 0 Å². The van der Waals surface area contributed by atoms with Gasteiger partial charge in [0.25, 0.3) is 0 Å². The smallest absolute Gasteiger partial charge is 0.162 e. The fourth-order valence-corrected chi connectivity index (χ4v) is 3.16. The second-order valence-electron chi connectivity index (χ2n) is 4.66. The molecule has 0 aromatic heterocycles. The van der Waals surface area contributed by atoms with Gasteiger partial charge in [-0.05, 0) is 38.6 Å². The second-order valence-corrected chi connectivity index (χ2v) is 6.17. The molecule has 2 unspecified atom stereocenters. The Morgan fingerprint density at radius 2 is 1.94 bits per heavy atom. The summed E-state index contributed by atoms with van der Waals surface area (Å²) in [7, 11) is 2.01. The van der Waals surface area contributed by atoms with Crippen LogP contribution in [0.5, 0.6) is 11.5 Å². The van der Waals surface area contributed by atoms with Crippen LogP contribution in [0.4, 0.5) is 0 Å². The minimum absolute atomic E-state index is 0.546. The molecule has 0 saturated heterocycles. The number of ether oxygens (including phenoxy) is 2. The number of thioether (sulfide) groups is 1. The minimum atomic E-state index is 0.546. The second kappa shape index (κ2) is 6.34. The van der Waals surface area contributed by atoms with Crippen LogP contribution in [0.2, 0.25) is 0 Å². The van der Waals surface area contributed by atoms with Crippen LogP contribution in [0, 0.1) is 0 Å². The Bertz CT molecular complexity index is 397. The van der Waals surface area contributed by atoms with Crippen LogP contribution < -0.4 is 14.8 Å². The Kier molecular flexibility index (Phi) is 4.78. The lowest BCUT2D eigenvalue weighted by Crippen LogP contribution is -2.24. The molecule has 2 atom stereocenters. The Labute approximate surface area is 113 Å². The predicted molar refractivity (Wildman–Crippen MR) is 75.9 cm³/mol. The highest BCUT2D eigenvalue weighted by Crippen LogP contribution is 2.36. The van der Waals surface area contributed by atoms with Gasteiger partial charge in [-0.15, -0.1) is 11.8 Å². The first-order valence-electron chi connectivity index (χ1n) is 6.42. The molecule has 2 rings (SSSR count). The molecule has 0 saturated carbocycles. The van der Waals surface area contributed by atoms with Gasteiger partial charge in [0.15, 0.2) is 11.5 Å². The maximum absolute atomic E-state index is 5.60. The highest BCUT2D eigenvalue weighted by molar-refractivity contribution is 7.99. The number of nitrogens with one attached hydrogen (secondary N) is 1. The molecule has 1 aromatic carbocycles. The van der Waals surface area contributed by atoms with E-state index in [0.29, 0.717) is 24.5 Å². The van der Waals surface area contributed by atoms with E-state index in [1.807, 2.05) is 24.9 Å². The molecule has 1 N–H and O–H groups in total. The molecule has 0 amide bonds. The molecule has 0 fully saturated rings. The first-order chi connectivity index (χ1) is 8.69. The maximum atomic E-state index is 5.60. The SMILES string of the molecule is CNC(C)CC(C)Sc1ccc2c(c1)OCCO2. The number of rotatable bonds is 5. The highest BCUT2D eigenvalue weighted by atomic mass is 32.2. The fourth-order valence-electron chi connectivity index (χ4n) is 1.99. The molecule has 18 heavy (non-hydrogen) atoms. The van der Waals surface area contributed by atoms with Gasteiger partial charge >= 0.3 is 0 Å². The Morgan fingerprint density at radius 1 is 1.22 bits per heavy atom. The number of fused-ring (bicyclic) bond motifs is 1. The predicted octanol–water partition coefficient (Wildman–Crippen LogP) is 2.94. The lowest BCUT2D eigenvalue weighted by atomic mass is 10.2. The molecule has 1 heterocycles. The van der Waals surface area contributed by atoms with Crippen LogP contribution in [0.15, 0.2) is 23.1 Å². The van der Waals surface area contributed by atoms with E-state index in [4.69, 9.17) is 9.47 Å². The van der Waals surface area contributed by atoms with Gasteiger partial charge in [-0.25, -0.2) is 0 Å². The normalized spacial score (nSPS) is 17.3. The van der Waals surface area contributed by atoms with E-state index >= 15 is 0 Å². The quantitative estimate of drug-likeness (QED) is 0.831. The average Bonchev–Trinajstić information content (AvgIpc) is 2.38. The third-order valence-electron chi connectivity index (χ3n) is 3.03. The maximum Gasteiger partial charge on any atom is 0.162 e. The van der Waals surface area contributed by atoms with Crippen molar-refractivity contribution in [3.8, 4) is 11.5 Å². The number of hydrogen-bond donors (Lipinski definition) is 1. The summed E-state index contributed by atoms with van der Waals surface area (Å²) < 4.78 is 11.1. The summed E-state index contributed by atoms with van der Waals surface area (Å²) in [6.07, 6.45) is 1.15. The van der Waals surface area contributed by atoms with Gasteiger partial charge in [-0.2, -0.15) is 0 Å². The molecular weight excluding hydrogens is 246 g/mol. The Morgan fingerprint density at radius 3 is 2.67 bits per heavy atom. The Hall–Kier alpha value is -0.870. The molecule has 0 radical (unpaired) electrons. The number of benzene rings is 1. The van der Waals surface area contributed by atoms with Crippen LogP contribution >= 0.6 is 11.8 Å². The fraction of sp³-hybridized carbons (Fsp3) is 0.571. The van der Waals surface area contributed by atoms with Crippen LogP contribution in [-0.2, 0) is 0 Å². The van der Waals surface area contributed by atoms with Gasteiger partial charge in [-0.1, -0.05) is 6.92 Å². The summed E-state index contributed by atoms with van der Waals surface area (Å²) in [6.45, 7) is 5.76. The van der Waals surface area contributed by atoms with E-state index in [-0.39, 0.29) is 0 Å². The van der Waals surface area contributed by atoms with Crippen LogP contribution in [0.3, 0.4) is 0 Å². The van der Waals surface area contributed by atoms with Gasteiger partial charge in [0.2, 0.25) is 0 Å². The zero-order valence-corrected chi connectivity index (χ0v) is 12.0. The Balaban J connectivity index is 1.97. The first kappa shape index (κ1) is 13.6. The molecule has 1 aliphatic rings. The third kappa shape index (κ3) is 3.56. The molecule has 0 spiro atoms. The van der Waals surface area contributed by atoms with Gasteiger partial charge in [0, 0.05) is 16.2 Å². The molecule has 0 aliphatic carbocycles. The summed E-state index contributed by atoms with van der Waals surface area (Å²) in [6, 6.07) is 6.74. The van der Waals surface area contributed by atoms with Gasteiger partial charge in [0.05, 0.1) is 0 Å². The molecule has 4 heteroatoms. The van der Waals surface area contributed by atoms with Gasteiger partial charge in [0.1, 0.15) is 13.2 Å².